The third-order valence-electron chi connectivity index (χ3n) is 4.79. The number of aliphatic carboxylic acids is 1. The Labute approximate surface area is 209 Å². The summed E-state index contributed by atoms with van der Waals surface area (Å²) in [5.74, 6) is -2.26. The molecule has 0 aliphatic carbocycles. The number of aliphatic hydroxyl groups excluding tert-OH is 1. The Morgan fingerprint density at radius 1 is 1.17 bits per heavy atom. The summed E-state index contributed by atoms with van der Waals surface area (Å²) in [4.78, 5) is 13.1. The van der Waals surface area contributed by atoms with E-state index >= 15 is 0 Å². The smallest absolute Gasteiger partial charge is 0.475 e. The van der Waals surface area contributed by atoms with Gasteiger partial charge in [-0.15, -0.1) is 10.2 Å². The molecule has 0 saturated heterocycles. The number of nitrogens with zero attached hydrogens (tertiary/aromatic N) is 4. The van der Waals surface area contributed by atoms with Crippen molar-refractivity contribution in [3.63, 3.8) is 0 Å². The molecular weight excluding hydrogens is 523 g/mol. The number of fused-ring (bicyclic) bond motifs is 1. The normalized spacial score (nSPS) is 11.4. The van der Waals surface area contributed by atoms with Gasteiger partial charge in [0.2, 0.25) is 5.89 Å². The average molecular weight is 538 g/mol. The van der Waals surface area contributed by atoms with Crippen LogP contribution in [0.5, 0.6) is 0 Å². The van der Waals surface area contributed by atoms with Crippen molar-refractivity contribution in [2.45, 2.75) is 19.2 Å². The van der Waals surface area contributed by atoms with E-state index in [-0.39, 0.29) is 6.61 Å². The van der Waals surface area contributed by atoms with E-state index in [0.29, 0.717) is 17.3 Å². The van der Waals surface area contributed by atoms with Crippen LogP contribution in [-0.2, 0) is 17.8 Å². The summed E-state index contributed by atoms with van der Waals surface area (Å²) in [5, 5.41) is 35.5. The van der Waals surface area contributed by atoms with E-state index in [1.54, 1.807) is 12.4 Å². The van der Waals surface area contributed by atoms with Crippen molar-refractivity contribution in [1.82, 2.24) is 25.4 Å². The number of carbonyl (C=O) groups is 1. The summed E-state index contributed by atoms with van der Waals surface area (Å²) in [6.45, 7) is -0.0898. The number of hydrogen-bond donors (Lipinski definition) is 3. The molecule has 0 aliphatic heterocycles. The molecule has 3 heterocycles. The minimum absolute atomic E-state index is 0.0898. The van der Waals surface area contributed by atoms with Crippen LogP contribution in [0.4, 0.5) is 13.2 Å². The van der Waals surface area contributed by atoms with Gasteiger partial charge in [0.15, 0.2) is 0 Å². The molecule has 186 valence electrons. The van der Waals surface area contributed by atoms with Gasteiger partial charge >= 0.3 is 12.1 Å². The Kier molecular flexibility index (Phi) is 7.33. The Balaban J connectivity index is 0.000000384. The number of oxazole rings is 1. The Morgan fingerprint density at radius 3 is 2.58 bits per heavy atom. The monoisotopic (exact) mass is 537 g/mol. The first-order valence-corrected chi connectivity index (χ1v) is 11.2. The van der Waals surface area contributed by atoms with E-state index in [1.807, 2.05) is 30.3 Å². The maximum atomic E-state index is 10.6. The predicted molar refractivity (Wildman–Crippen MR) is 124 cm³/mol. The molecule has 0 saturated carbocycles. The lowest BCUT2D eigenvalue weighted by atomic mass is 10.1. The number of rotatable bonds is 5. The first-order chi connectivity index (χ1) is 17.2. The summed E-state index contributed by atoms with van der Waals surface area (Å²) in [7, 11) is 0. The maximum Gasteiger partial charge on any atom is 0.490 e. The number of nitrogens with one attached hydrogen (secondary N) is 1. The highest BCUT2D eigenvalue weighted by Gasteiger charge is 2.38. The molecule has 2 aromatic carbocycles. The number of H-pyrrole nitrogens is 1. The third kappa shape index (κ3) is 5.70. The molecule has 0 spiro atoms. The zero-order valence-corrected chi connectivity index (χ0v) is 19.5. The first-order valence-electron chi connectivity index (χ1n) is 10.0. The van der Waals surface area contributed by atoms with Crippen LogP contribution in [0, 0.1) is 0 Å². The third-order valence-corrected chi connectivity index (χ3v) is 6.21. The fourth-order valence-electron chi connectivity index (χ4n) is 3.17. The highest BCUT2D eigenvalue weighted by Crippen LogP contribution is 2.32. The standard InChI is InChI=1S/C20H14ClN5O2S.C2HF3O2/c21-18-12(1-2-16-15(18)9-23-24-16)8-17-25-26-20(29-17)14-6-11(10-27)5-13(7-14)19-22-3-4-28-19;3-2(4,5)1(6)7/h1-7,9,27H,8,10H2,(H,23,24);(H,6,7). The van der Waals surface area contributed by atoms with Crippen LogP contribution >= 0.6 is 22.9 Å². The quantitative estimate of drug-likeness (QED) is 0.281. The number of carboxylic acids is 1. The lowest BCUT2D eigenvalue weighted by Crippen LogP contribution is -2.21. The molecule has 0 unspecified atom stereocenters. The molecule has 0 aliphatic rings. The molecule has 0 radical (unpaired) electrons. The predicted octanol–water partition coefficient (Wildman–Crippen LogP) is 5.11. The van der Waals surface area contributed by atoms with E-state index in [2.05, 4.69) is 25.4 Å². The summed E-state index contributed by atoms with van der Waals surface area (Å²) in [6.07, 6.45) is 0.315. The van der Waals surface area contributed by atoms with Crippen LogP contribution in [-0.4, -0.2) is 47.7 Å². The van der Waals surface area contributed by atoms with E-state index in [0.717, 1.165) is 43.2 Å². The van der Waals surface area contributed by atoms with Crippen LogP contribution in [0.3, 0.4) is 0 Å². The second kappa shape index (κ2) is 10.4. The lowest BCUT2D eigenvalue weighted by Gasteiger charge is -2.04. The summed E-state index contributed by atoms with van der Waals surface area (Å²) in [5.41, 5.74) is 4.25. The average Bonchev–Trinajstić information content (AvgIpc) is 3.62. The number of benzene rings is 2. The Morgan fingerprint density at radius 2 is 1.92 bits per heavy atom. The Hall–Kier alpha value is -3.81. The number of halogens is 4. The summed E-state index contributed by atoms with van der Waals surface area (Å²) >= 11 is 8.01. The van der Waals surface area contributed by atoms with Crippen LogP contribution < -0.4 is 0 Å². The van der Waals surface area contributed by atoms with Gasteiger partial charge in [-0.05, 0) is 35.4 Å². The molecule has 5 rings (SSSR count). The minimum atomic E-state index is -5.08. The molecule has 0 amide bonds. The van der Waals surface area contributed by atoms with Crippen molar-refractivity contribution in [3.05, 3.63) is 70.1 Å². The zero-order chi connectivity index (χ0) is 25.9. The zero-order valence-electron chi connectivity index (χ0n) is 18.0. The van der Waals surface area contributed by atoms with E-state index in [4.69, 9.17) is 25.9 Å². The van der Waals surface area contributed by atoms with Gasteiger partial charge in [0.1, 0.15) is 16.3 Å². The number of carboxylic acid groups (broad SMARTS) is 1. The number of aromatic amines is 1. The molecular formula is C22H15ClF3N5O4S. The fraction of sp³-hybridized carbons (Fsp3) is 0.136. The highest BCUT2D eigenvalue weighted by molar-refractivity contribution is 7.14. The molecule has 0 fully saturated rings. The van der Waals surface area contributed by atoms with Crippen molar-refractivity contribution >= 4 is 39.8 Å². The highest BCUT2D eigenvalue weighted by atomic mass is 35.5. The van der Waals surface area contributed by atoms with E-state index < -0.39 is 12.1 Å². The number of aliphatic hydroxyl groups is 1. The SMILES string of the molecule is O=C(O)C(F)(F)F.OCc1cc(-c2ncco2)cc(-c2nnc(Cc3ccc4[nH]ncc4c3Cl)s2)c1. The molecule has 0 bridgehead atoms. The number of alkyl halides is 3. The lowest BCUT2D eigenvalue weighted by molar-refractivity contribution is -0.192. The van der Waals surface area contributed by atoms with Crippen molar-refractivity contribution in [3.8, 4) is 22.0 Å². The van der Waals surface area contributed by atoms with Gasteiger partial charge in [-0.2, -0.15) is 18.3 Å². The molecule has 0 atom stereocenters. The minimum Gasteiger partial charge on any atom is -0.475 e. The van der Waals surface area contributed by atoms with E-state index in [1.165, 1.54) is 17.6 Å². The fourth-order valence-corrected chi connectivity index (χ4v) is 4.30. The second-order valence-corrected chi connectivity index (χ2v) is 8.70. The first kappa shape index (κ1) is 25.3. The summed E-state index contributed by atoms with van der Waals surface area (Å²) < 4.78 is 37.1. The molecule has 36 heavy (non-hydrogen) atoms. The van der Waals surface area contributed by atoms with Crippen molar-refractivity contribution in [2.75, 3.05) is 0 Å². The van der Waals surface area contributed by atoms with Gasteiger partial charge in [-0.1, -0.05) is 29.0 Å². The molecule has 3 aromatic heterocycles. The molecule has 5 aromatic rings. The number of aromatic nitrogens is 5. The number of hydrogen-bond acceptors (Lipinski definition) is 8. The van der Waals surface area contributed by atoms with Crippen LogP contribution in [0.15, 0.2) is 53.4 Å². The maximum absolute atomic E-state index is 10.6. The molecule has 3 N–H and O–H groups in total. The topological polar surface area (TPSA) is 138 Å². The molecule has 9 nitrogen and oxygen atoms in total. The second-order valence-electron chi connectivity index (χ2n) is 7.26. The van der Waals surface area contributed by atoms with Gasteiger partial charge in [-0.3, -0.25) is 5.10 Å². The van der Waals surface area contributed by atoms with Crippen molar-refractivity contribution in [1.29, 1.82) is 0 Å². The summed E-state index contributed by atoms with van der Waals surface area (Å²) in [6, 6.07) is 9.59. The van der Waals surface area contributed by atoms with Gasteiger partial charge < -0.3 is 14.6 Å². The van der Waals surface area contributed by atoms with Crippen molar-refractivity contribution in [2.24, 2.45) is 0 Å². The van der Waals surface area contributed by atoms with Crippen LogP contribution in [0.25, 0.3) is 32.9 Å². The van der Waals surface area contributed by atoms with Gasteiger partial charge in [0, 0.05) is 22.9 Å². The van der Waals surface area contributed by atoms with Gasteiger partial charge in [0.05, 0.1) is 29.5 Å². The van der Waals surface area contributed by atoms with Gasteiger partial charge in [-0.25, -0.2) is 9.78 Å². The Bertz CT molecular complexity index is 1500. The van der Waals surface area contributed by atoms with Gasteiger partial charge in [0.25, 0.3) is 0 Å². The largest absolute Gasteiger partial charge is 0.490 e. The van der Waals surface area contributed by atoms with Crippen molar-refractivity contribution < 1.29 is 32.6 Å². The van der Waals surface area contributed by atoms with E-state index in [9.17, 15) is 18.3 Å². The van der Waals surface area contributed by atoms with Crippen LogP contribution in [0.2, 0.25) is 5.02 Å². The molecule has 14 heteroatoms. The van der Waals surface area contributed by atoms with Crippen LogP contribution in [0.1, 0.15) is 16.1 Å².